The van der Waals surface area contributed by atoms with Crippen molar-refractivity contribution in [2.45, 2.75) is 58.0 Å². The number of nitrogens with zero attached hydrogens (tertiary/aromatic N) is 1. The Hall–Kier alpha value is -1.30. The molecule has 5 nitrogen and oxygen atoms in total. The van der Waals surface area contributed by atoms with Gasteiger partial charge in [-0.2, -0.15) is 0 Å². The first-order valence-electron chi connectivity index (χ1n) is 7.88. The number of nitrogen functional groups attached to an aromatic ring is 1. The molecule has 0 radical (unpaired) electrons. The minimum Gasteiger partial charge on any atom is -0.382 e. The maximum Gasteiger partial charge on any atom is 0.265 e. The van der Waals surface area contributed by atoms with Crippen molar-refractivity contribution in [1.82, 2.24) is 10.3 Å². The highest BCUT2D eigenvalue weighted by Gasteiger charge is 2.30. The van der Waals surface area contributed by atoms with E-state index >= 15 is 0 Å². The number of carbonyl (C=O) groups is 1. The van der Waals surface area contributed by atoms with Crippen LogP contribution in [0.5, 0.6) is 0 Å². The fourth-order valence-electron chi connectivity index (χ4n) is 2.98. The summed E-state index contributed by atoms with van der Waals surface area (Å²) in [5.74, 6) is 1.45. The molecular formula is C15H24N4OS. The lowest BCUT2D eigenvalue weighted by atomic mass is 9.78. The second kappa shape index (κ2) is 5.83. The van der Waals surface area contributed by atoms with Crippen molar-refractivity contribution in [3.05, 3.63) is 4.88 Å². The first-order chi connectivity index (χ1) is 10.0. The summed E-state index contributed by atoms with van der Waals surface area (Å²) in [4.78, 5) is 17.3. The van der Waals surface area contributed by atoms with Gasteiger partial charge in [-0.05, 0) is 31.1 Å². The van der Waals surface area contributed by atoms with E-state index in [4.69, 9.17) is 5.73 Å². The summed E-state index contributed by atoms with van der Waals surface area (Å²) < 4.78 is 0. The van der Waals surface area contributed by atoms with Crippen LogP contribution in [0.15, 0.2) is 0 Å². The van der Waals surface area contributed by atoms with E-state index in [0.29, 0.717) is 28.6 Å². The Kier molecular flexibility index (Phi) is 4.06. The molecule has 1 heterocycles. The van der Waals surface area contributed by atoms with Gasteiger partial charge in [0.05, 0.1) is 0 Å². The number of rotatable bonds is 4. The quantitative estimate of drug-likeness (QED) is 0.799. The van der Waals surface area contributed by atoms with Crippen LogP contribution < -0.4 is 16.4 Å². The van der Waals surface area contributed by atoms with Crippen LogP contribution in [0.3, 0.4) is 0 Å². The molecule has 1 aromatic heterocycles. The molecule has 0 aromatic carbocycles. The molecule has 0 aliphatic heterocycles. The molecule has 3 atom stereocenters. The highest BCUT2D eigenvalue weighted by molar-refractivity contribution is 7.18. The van der Waals surface area contributed by atoms with E-state index in [1.54, 1.807) is 0 Å². The third-order valence-corrected chi connectivity index (χ3v) is 5.79. The van der Waals surface area contributed by atoms with E-state index in [2.05, 4.69) is 29.5 Å². The molecule has 2 saturated carbocycles. The number of carbonyl (C=O) groups excluding carboxylic acids is 1. The van der Waals surface area contributed by atoms with Crippen LogP contribution in [-0.2, 0) is 0 Å². The van der Waals surface area contributed by atoms with E-state index in [-0.39, 0.29) is 11.9 Å². The Balaban J connectivity index is 1.65. The zero-order chi connectivity index (χ0) is 15.0. The second-order valence-corrected chi connectivity index (χ2v) is 7.50. The smallest absolute Gasteiger partial charge is 0.265 e. The van der Waals surface area contributed by atoms with Crippen molar-refractivity contribution >= 4 is 28.2 Å². The summed E-state index contributed by atoms with van der Waals surface area (Å²) in [6, 6.07) is 0.772. The average Bonchev–Trinajstić information content (AvgIpc) is 3.17. The van der Waals surface area contributed by atoms with Crippen LogP contribution in [0.4, 0.5) is 10.9 Å². The number of amides is 1. The number of thiazole rings is 1. The molecule has 2 fully saturated rings. The average molecular weight is 308 g/mol. The van der Waals surface area contributed by atoms with E-state index in [1.165, 1.54) is 37.0 Å². The molecule has 0 bridgehead atoms. The molecule has 21 heavy (non-hydrogen) atoms. The van der Waals surface area contributed by atoms with E-state index in [0.717, 1.165) is 11.6 Å². The summed E-state index contributed by atoms with van der Waals surface area (Å²) in [5.41, 5.74) is 5.90. The molecule has 3 unspecified atom stereocenters. The molecule has 4 N–H and O–H groups in total. The third-order valence-electron chi connectivity index (χ3n) is 4.79. The maximum absolute atomic E-state index is 12.5. The van der Waals surface area contributed by atoms with Crippen LogP contribution in [0.25, 0.3) is 0 Å². The zero-order valence-electron chi connectivity index (χ0n) is 12.7. The van der Waals surface area contributed by atoms with E-state index in [9.17, 15) is 4.79 Å². The highest BCUT2D eigenvalue weighted by atomic mass is 32.1. The molecule has 2 aliphatic rings. The van der Waals surface area contributed by atoms with Gasteiger partial charge in [-0.1, -0.05) is 38.0 Å². The lowest BCUT2D eigenvalue weighted by molar-refractivity contribution is 0.0896. The molecule has 0 spiro atoms. The molecular weight excluding hydrogens is 284 g/mol. The normalized spacial score (nSPS) is 29.1. The van der Waals surface area contributed by atoms with Gasteiger partial charge < -0.3 is 16.4 Å². The number of nitrogens with two attached hydrogens (primary N) is 1. The molecule has 116 valence electrons. The van der Waals surface area contributed by atoms with Gasteiger partial charge in [0.15, 0.2) is 5.13 Å². The first kappa shape index (κ1) is 14.6. The predicted molar refractivity (Wildman–Crippen MR) is 86.6 cm³/mol. The number of nitrogens with one attached hydrogen (secondary N) is 2. The van der Waals surface area contributed by atoms with Gasteiger partial charge in [-0.3, -0.25) is 4.79 Å². The number of hydrogen-bond donors (Lipinski definition) is 3. The van der Waals surface area contributed by atoms with Crippen molar-refractivity contribution in [1.29, 1.82) is 0 Å². The summed E-state index contributed by atoms with van der Waals surface area (Å²) in [6.07, 6.45) is 5.86. The topological polar surface area (TPSA) is 80.0 Å². The van der Waals surface area contributed by atoms with Crippen molar-refractivity contribution in [3.8, 4) is 0 Å². The van der Waals surface area contributed by atoms with Crippen molar-refractivity contribution in [2.75, 3.05) is 11.1 Å². The van der Waals surface area contributed by atoms with Crippen molar-refractivity contribution in [3.63, 3.8) is 0 Å². The Labute approximate surface area is 129 Å². The predicted octanol–water partition coefficient (Wildman–Crippen LogP) is 2.85. The second-order valence-electron chi connectivity index (χ2n) is 6.50. The van der Waals surface area contributed by atoms with Crippen LogP contribution in [0, 0.1) is 11.8 Å². The molecule has 3 rings (SSSR count). The summed E-state index contributed by atoms with van der Waals surface area (Å²) in [6.45, 7) is 4.49. The fourth-order valence-corrected chi connectivity index (χ4v) is 3.84. The largest absolute Gasteiger partial charge is 0.382 e. The van der Waals surface area contributed by atoms with Crippen LogP contribution in [0.2, 0.25) is 0 Å². The Morgan fingerprint density at radius 2 is 2.05 bits per heavy atom. The SMILES string of the molecule is CC1CCCC(NC(=O)c2sc(NC3CC3)nc2N)C1C. The maximum atomic E-state index is 12.5. The Morgan fingerprint density at radius 1 is 1.29 bits per heavy atom. The molecule has 1 aromatic rings. The van der Waals surface area contributed by atoms with Gasteiger partial charge in [0, 0.05) is 12.1 Å². The lowest BCUT2D eigenvalue weighted by Gasteiger charge is -2.34. The highest BCUT2D eigenvalue weighted by Crippen LogP contribution is 2.32. The van der Waals surface area contributed by atoms with Gasteiger partial charge in [-0.15, -0.1) is 0 Å². The molecule has 0 saturated heterocycles. The van der Waals surface area contributed by atoms with Crippen molar-refractivity contribution in [2.24, 2.45) is 11.8 Å². The molecule has 2 aliphatic carbocycles. The van der Waals surface area contributed by atoms with E-state index in [1.807, 2.05) is 0 Å². The minimum absolute atomic E-state index is 0.0696. The Morgan fingerprint density at radius 3 is 2.76 bits per heavy atom. The number of anilines is 2. The third kappa shape index (κ3) is 3.31. The van der Waals surface area contributed by atoms with Gasteiger partial charge in [0.1, 0.15) is 10.7 Å². The van der Waals surface area contributed by atoms with E-state index < -0.39 is 0 Å². The number of hydrogen-bond acceptors (Lipinski definition) is 5. The summed E-state index contributed by atoms with van der Waals surface area (Å²) >= 11 is 1.37. The number of aromatic nitrogens is 1. The van der Waals surface area contributed by atoms with Crippen molar-refractivity contribution < 1.29 is 4.79 Å². The Bertz CT molecular complexity index is 526. The van der Waals surface area contributed by atoms with Gasteiger partial charge in [-0.25, -0.2) is 4.98 Å². The summed E-state index contributed by atoms with van der Waals surface area (Å²) in [7, 11) is 0. The van der Waals surface area contributed by atoms with Crippen LogP contribution >= 0.6 is 11.3 Å². The molecule has 1 amide bonds. The monoisotopic (exact) mass is 308 g/mol. The van der Waals surface area contributed by atoms with Gasteiger partial charge in [0.25, 0.3) is 5.91 Å². The standard InChI is InChI=1S/C15H24N4OS/c1-8-4-3-5-11(9(8)2)18-14(20)12-13(16)19-15(21-12)17-10-6-7-10/h8-11H,3-7,16H2,1-2H3,(H,17,19)(H,18,20). The lowest BCUT2D eigenvalue weighted by Crippen LogP contribution is -2.43. The van der Waals surface area contributed by atoms with Crippen LogP contribution in [-0.4, -0.2) is 23.0 Å². The zero-order valence-corrected chi connectivity index (χ0v) is 13.5. The molecule has 6 heteroatoms. The fraction of sp³-hybridized carbons (Fsp3) is 0.733. The van der Waals surface area contributed by atoms with Crippen LogP contribution in [0.1, 0.15) is 55.6 Å². The first-order valence-corrected chi connectivity index (χ1v) is 8.70. The minimum atomic E-state index is -0.0696. The van der Waals surface area contributed by atoms with Gasteiger partial charge in [0.2, 0.25) is 0 Å². The van der Waals surface area contributed by atoms with Gasteiger partial charge >= 0.3 is 0 Å². The summed E-state index contributed by atoms with van der Waals surface area (Å²) in [5, 5.41) is 7.23.